The van der Waals surface area contributed by atoms with E-state index >= 15 is 4.39 Å². The Kier molecular flexibility index (Phi) is 6.03. The van der Waals surface area contributed by atoms with Crippen LogP contribution in [0, 0.1) is 11.6 Å². The van der Waals surface area contributed by atoms with Gasteiger partial charge in [0.2, 0.25) is 11.7 Å². The fourth-order valence-corrected chi connectivity index (χ4v) is 5.08. The molecule has 37 heavy (non-hydrogen) atoms. The number of H-pyrrole nitrogens is 1. The van der Waals surface area contributed by atoms with E-state index in [2.05, 4.69) is 36.8 Å². The number of hydrogen-bond donors (Lipinski definition) is 1. The van der Waals surface area contributed by atoms with E-state index in [1.807, 2.05) is 4.90 Å². The lowest BCUT2D eigenvalue weighted by Crippen LogP contribution is -2.45. The molecule has 0 spiro atoms. The molecule has 10 heteroatoms. The number of aromatic nitrogens is 4. The Bertz CT molecular complexity index is 1460. The molecule has 4 aromatic rings. The van der Waals surface area contributed by atoms with Crippen LogP contribution in [0.3, 0.4) is 0 Å². The Hall–Kier alpha value is -3.92. The van der Waals surface area contributed by atoms with Gasteiger partial charge in [-0.25, -0.2) is 23.7 Å². The summed E-state index contributed by atoms with van der Waals surface area (Å²) < 4.78 is 30.2. The third-order valence-electron chi connectivity index (χ3n) is 7.28. The molecular weight excluding hydrogens is 476 g/mol. The predicted molar refractivity (Wildman–Crippen MR) is 138 cm³/mol. The van der Waals surface area contributed by atoms with Crippen LogP contribution in [0.5, 0.6) is 0 Å². The summed E-state index contributed by atoms with van der Waals surface area (Å²) in [6, 6.07) is 4.36. The fourth-order valence-electron chi connectivity index (χ4n) is 5.08. The first kappa shape index (κ1) is 23.5. The topological polar surface area (TPSA) is 81.2 Å². The van der Waals surface area contributed by atoms with Crippen LogP contribution in [-0.2, 0) is 0 Å². The van der Waals surface area contributed by atoms with Crippen molar-refractivity contribution in [2.45, 2.75) is 12.8 Å². The first-order chi connectivity index (χ1) is 18.0. The van der Waals surface area contributed by atoms with Crippen molar-refractivity contribution in [3.63, 3.8) is 0 Å². The van der Waals surface area contributed by atoms with E-state index in [0.29, 0.717) is 35.6 Å². The summed E-state index contributed by atoms with van der Waals surface area (Å²) in [5.41, 5.74) is 1.78. The van der Waals surface area contributed by atoms with Crippen LogP contribution in [0.1, 0.15) is 28.8 Å². The zero-order valence-electron chi connectivity index (χ0n) is 20.5. The molecule has 8 nitrogen and oxygen atoms in total. The lowest BCUT2D eigenvalue weighted by atomic mass is 10.00. The van der Waals surface area contributed by atoms with Crippen molar-refractivity contribution >= 4 is 28.5 Å². The van der Waals surface area contributed by atoms with Crippen LogP contribution >= 0.6 is 0 Å². The number of halogens is 2. The maximum atomic E-state index is 15.4. The average Bonchev–Trinajstić information content (AvgIpc) is 3.59. The molecule has 2 aliphatic heterocycles. The van der Waals surface area contributed by atoms with Gasteiger partial charge in [0, 0.05) is 86.1 Å². The number of piperazine rings is 1. The van der Waals surface area contributed by atoms with Crippen molar-refractivity contribution < 1.29 is 13.6 Å². The van der Waals surface area contributed by atoms with Gasteiger partial charge in [-0.3, -0.25) is 4.79 Å². The maximum Gasteiger partial charge on any atom is 0.225 e. The molecule has 3 aromatic heterocycles. The molecule has 0 radical (unpaired) electrons. The lowest BCUT2D eigenvalue weighted by Gasteiger charge is -2.32. The number of carbonyl (C=O) groups excluding carboxylic acids is 1. The summed E-state index contributed by atoms with van der Waals surface area (Å²) in [7, 11) is 2.09. The van der Waals surface area contributed by atoms with Crippen LogP contribution in [0.15, 0.2) is 43.0 Å². The molecule has 5 heterocycles. The number of ketones is 1. The summed E-state index contributed by atoms with van der Waals surface area (Å²) >= 11 is 0. The Morgan fingerprint density at radius 2 is 1.59 bits per heavy atom. The number of fused-ring (bicyclic) bond motifs is 1. The maximum absolute atomic E-state index is 15.4. The molecule has 0 amide bonds. The second-order valence-corrected chi connectivity index (χ2v) is 9.66. The number of benzene rings is 1. The van der Waals surface area contributed by atoms with E-state index in [-0.39, 0.29) is 11.3 Å². The molecular formula is C27H27F2N7O. The highest BCUT2D eigenvalue weighted by molar-refractivity contribution is 6.16. The normalized spacial score (nSPS) is 16.6. The van der Waals surface area contributed by atoms with E-state index in [1.165, 1.54) is 18.3 Å². The fraction of sp³-hybridized carbons (Fsp3) is 0.333. The number of rotatable bonds is 5. The average molecular weight is 504 g/mol. The molecule has 0 aliphatic carbocycles. The monoisotopic (exact) mass is 503 g/mol. The minimum Gasteiger partial charge on any atom is -0.369 e. The number of anilines is 2. The molecule has 2 aliphatic rings. The smallest absolute Gasteiger partial charge is 0.225 e. The molecule has 1 aromatic carbocycles. The highest BCUT2D eigenvalue weighted by atomic mass is 19.1. The number of hydrogen-bond acceptors (Lipinski definition) is 7. The van der Waals surface area contributed by atoms with Crippen LogP contribution in [0.4, 0.5) is 20.4 Å². The highest BCUT2D eigenvalue weighted by Crippen LogP contribution is 2.31. The lowest BCUT2D eigenvalue weighted by molar-refractivity contribution is 0.103. The Labute approximate surface area is 213 Å². The van der Waals surface area contributed by atoms with Gasteiger partial charge in [-0.15, -0.1) is 0 Å². The number of nitrogens with one attached hydrogen (secondary N) is 1. The van der Waals surface area contributed by atoms with E-state index in [4.69, 9.17) is 0 Å². The van der Waals surface area contributed by atoms with Crippen molar-refractivity contribution in [1.29, 1.82) is 0 Å². The molecule has 0 atom stereocenters. The third kappa shape index (κ3) is 4.31. The van der Waals surface area contributed by atoms with Gasteiger partial charge in [0.05, 0.1) is 11.3 Å². The number of carbonyl (C=O) groups is 1. The third-order valence-corrected chi connectivity index (χ3v) is 7.28. The van der Waals surface area contributed by atoms with Gasteiger partial charge in [0.15, 0.2) is 5.82 Å². The van der Waals surface area contributed by atoms with Crippen molar-refractivity contribution in [3.8, 4) is 11.1 Å². The summed E-state index contributed by atoms with van der Waals surface area (Å²) in [5.74, 6) is -1.75. The van der Waals surface area contributed by atoms with E-state index in [1.54, 1.807) is 24.7 Å². The molecule has 6 rings (SSSR count). The Balaban J connectivity index is 1.32. The van der Waals surface area contributed by atoms with Crippen LogP contribution < -0.4 is 9.80 Å². The van der Waals surface area contributed by atoms with Crippen LogP contribution in [-0.4, -0.2) is 76.9 Å². The summed E-state index contributed by atoms with van der Waals surface area (Å²) in [4.78, 5) is 36.2. The van der Waals surface area contributed by atoms with Crippen LogP contribution in [0.25, 0.3) is 22.2 Å². The molecule has 2 fully saturated rings. The number of aromatic amines is 1. The van der Waals surface area contributed by atoms with Gasteiger partial charge in [0.1, 0.15) is 11.5 Å². The molecule has 0 bridgehead atoms. The summed E-state index contributed by atoms with van der Waals surface area (Å²) in [6.45, 7) is 5.02. The molecule has 0 unspecified atom stereocenters. The molecule has 1 N–H and O–H groups in total. The van der Waals surface area contributed by atoms with Gasteiger partial charge >= 0.3 is 0 Å². The Morgan fingerprint density at radius 3 is 2.32 bits per heavy atom. The minimum atomic E-state index is -0.878. The first-order valence-electron chi connectivity index (χ1n) is 12.5. The molecule has 190 valence electrons. The highest BCUT2D eigenvalue weighted by Gasteiger charge is 2.27. The largest absolute Gasteiger partial charge is 0.369 e. The molecule has 2 saturated heterocycles. The summed E-state index contributed by atoms with van der Waals surface area (Å²) in [5, 5.41) is 0.482. The second kappa shape index (κ2) is 9.51. The number of likely N-dealkylation sites (N-methyl/N-ethyl adjacent to an activating group) is 1. The minimum absolute atomic E-state index is 0.163. The van der Waals surface area contributed by atoms with Gasteiger partial charge in [-0.2, -0.15) is 0 Å². The van der Waals surface area contributed by atoms with Crippen LogP contribution in [0.2, 0.25) is 0 Å². The molecule has 0 saturated carbocycles. The quantitative estimate of drug-likeness (QED) is 0.414. The number of pyridine rings is 1. The van der Waals surface area contributed by atoms with Crippen molar-refractivity contribution in [2.24, 2.45) is 0 Å². The SMILES string of the molecule is CN1CCN(c2ncc(-c3cnc4[nH]cc(C(=O)c5c(F)ccc(N6CCCC6)c5F)c4c3)cn2)CC1. The van der Waals surface area contributed by atoms with Gasteiger partial charge in [-0.05, 0) is 38.1 Å². The zero-order valence-corrected chi connectivity index (χ0v) is 20.5. The standard InChI is InChI=1S/C27H27F2N7O/c1-34-8-10-36(11-9-34)27-32-14-18(15-33-27)17-12-19-20(16-31-26(19)30-13-17)25(37)23-21(28)4-5-22(24(23)29)35-6-2-3-7-35/h4-5,12-16H,2-3,6-11H2,1H3,(H,30,31). The van der Waals surface area contributed by atoms with E-state index in [0.717, 1.165) is 44.6 Å². The second-order valence-electron chi connectivity index (χ2n) is 9.66. The van der Waals surface area contributed by atoms with E-state index in [9.17, 15) is 9.18 Å². The van der Waals surface area contributed by atoms with Gasteiger partial charge in [0.25, 0.3) is 0 Å². The van der Waals surface area contributed by atoms with E-state index < -0.39 is 23.0 Å². The van der Waals surface area contributed by atoms with Gasteiger partial charge < -0.3 is 19.7 Å². The first-order valence-corrected chi connectivity index (χ1v) is 12.5. The zero-order chi connectivity index (χ0) is 25.5. The predicted octanol–water partition coefficient (Wildman–Crippen LogP) is 3.88. The number of nitrogens with zero attached hydrogens (tertiary/aromatic N) is 6. The Morgan fingerprint density at radius 1 is 0.892 bits per heavy atom. The van der Waals surface area contributed by atoms with Crippen molar-refractivity contribution in [1.82, 2.24) is 24.8 Å². The van der Waals surface area contributed by atoms with Crippen molar-refractivity contribution in [3.05, 3.63) is 65.7 Å². The van der Waals surface area contributed by atoms with Gasteiger partial charge in [-0.1, -0.05) is 0 Å². The van der Waals surface area contributed by atoms with Crippen molar-refractivity contribution in [2.75, 3.05) is 56.1 Å². The summed E-state index contributed by atoms with van der Waals surface area (Å²) in [6.07, 6.45) is 8.47.